The SMILES string of the molecule is COCC(O)(c1ccc(C)c(C)c1OC)C(C)C. The van der Waals surface area contributed by atoms with Gasteiger partial charge in [-0.1, -0.05) is 26.0 Å². The highest BCUT2D eigenvalue weighted by Crippen LogP contribution is 2.38. The maximum Gasteiger partial charge on any atom is 0.128 e. The lowest BCUT2D eigenvalue weighted by Crippen LogP contribution is -2.37. The molecule has 1 aromatic rings. The number of benzene rings is 1. The second-order valence-electron chi connectivity index (χ2n) is 5.10. The molecule has 0 bridgehead atoms. The molecule has 0 aliphatic carbocycles. The van der Waals surface area contributed by atoms with Crippen molar-refractivity contribution in [1.82, 2.24) is 0 Å². The third-order valence-electron chi connectivity index (χ3n) is 3.67. The summed E-state index contributed by atoms with van der Waals surface area (Å²) in [6.07, 6.45) is 0. The van der Waals surface area contributed by atoms with Crippen molar-refractivity contribution in [3.8, 4) is 5.75 Å². The van der Waals surface area contributed by atoms with Crippen molar-refractivity contribution in [2.24, 2.45) is 5.92 Å². The van der Waals surface area contributed by atoms with Gasteiger partial charge in [0, 0.05) is 12.7 Å². The number of aryl methyl sites for hydroxylation is 1. The zero-order chi connectivity index (χ0) is 13.9. The van der Waals surface area contributed by atoms with Gasteiger partial charge >= 0.3 is 0 Å². The summed E-state index contributed by atoms with van der Waals surface area (Å²) >= 11 is 0. The average molecular weight is 252 g/mol. The Hall–Kier alpha value is -1.06. The van der Waals surface area contributed by atoms with Crippen LogP contribution in [0.1, 0.15) is 30.5 Å². The van der Waals surface area contributed by atoms with E-state index in [2.05, 4.69) is 0 Å². The quantitative estimate of drug-likeness (QED) is 0.875. The number of methoxy groups -OCH3 is 2. The van der Waals surface area contributed by atoms with Crippen LogP contribution in [0.3, 0.4) is 0 Å². The van der Waals surface area contributed by atoms with Gasteiger partial charge in [-0.25, -0.2) is 0 Å². The second-order valence-corrected chi connectivity index (χ2v) is 5.10. The molecule has 0 fully saturated rings. The third kappa shape index (κ3) is 2.52. The smallest absolute Gasteiger partial charge is 0.128 e. The van der Waals surface area contributed by atoms with E-state index in [4.69, 9.17) is 9.47 Å². The molecule has 3 nitrogen and oxygen atoms in total. The molecular formula is C15H24O3. The van der Waals surface area contributed by atoms with E-state index in [0.29, 0.717) is 0 Å². The lowest BCUT2D eigenvalue weighted by molar-refractivity contribution is -0.0713. The van der Waals surface area contributed by atoms with E-state index in [9.17, 15) is 5.11 Å². The van der Waals surface area contributed by atoms with Crippen molar-refractivity contribution >= 4 is 0 Å². The van der Waals surface area contributed by atoms with Crippen LogP contribution in [0.5, 0.6) is 5.75 Å². The Balaban J connectivity index is 3.42. The summed E-state index contributed by atoms with van der Waals surface area (Å²) in [5.74, 6) is 0.789. The van der Waals surface area contributed by atoms with Crippen molar-refractivity contribution < 1.29 is 14.6 Å². The van der Waals surface area contributed by atoms with E-state index in [0.717, 1.165) is 22.4 Å². The van der Waals surface area contributed by atoms with E-state index < -0.39 is 5.60 Å². The minimum Gasteiger partial charge on any atom is -0.496 e. The van der Waals surface area contributed by atoms with Crippen molar-refractivity contribution in [2.45, 2.75) is 33.3 Å². The molecule has 1 atom stereocenters. The highest BCUT2D eigenvalue weighted by Gasteiger charge is 2.36. The molecule has 0 aliphatic rings. The Labute approximate surface area is 110 Å². The largest absolute Gasteiger partial charge is 0.496 e. The Kier molecular flexibility index (Phi) is 4.77. The topological polar surface area (TPSA) is 38.7 Å². The van der Waals surface area contributed by atoms with Gasteiger partial charge in [0.05, 0.1) is 13.7 Å². The molecule has 1 rings (SSSR count). The number of aliphatic hydroxyl groups is 1. The summed E-state index contributed by atoms with van der Waals surface area (Å²) in [4.78, 5) is 0. The maximum absolute atomic E-state index is 10.9. The van der Waals surface area contributed by atoms with Gasteiger partial charge in [-0.15, -0.1) is 0 Å². The summed E-state index contributed by atoms with van der Waals surface area (Å²) in [5.41, 5.74) is 1.98. The number of ether oxygens (including phenoxy) is 2. The van der Waals surface area contributed by atoms with Gasteiger partial charge in [-0.3, -0.25) is 0 Å². The van der Waals surface area contributed by atoms with Gasteiger partial charge in [-0.2, -0.15) is 0 Å². The molecule has 0 radical (unpaired) electrons. The van der Waals surface area contributed by atoms with Gasteiger partial charge in [0.15, 0.2) is 0 Å². The predicted molar refractivity (Wildman–Crippen MR) is 73.1 cm³/mol. The lowest BCUT2D eigenvalue weighted by Gasteiger charge is -2.33. The van der Waals surface area contributed by atoms with E-state index in [1.807, 2.05) is 39.8 Å². The molecule has 1 aromatic carbocycles. The van der Waals surface area contributed by atoms with Crippen LogP contribution in [-0.4, -0.2) is 25.9 Å². The number of hydrogen-bond acceptors (Lipinski definition) is 3. The van der Waals surface area contributed by atoms with Crippen molar-refractivity contribution in [1.29, 1.82) is 0 Å². The zero-order valence-corrected chi connectivity index (χ0v) is 12.2. The monoisotopic (exact) mass is 252 g/mol. The fourth-order valence-electron chi connectivity index (χ4n) is 2.17. The van der Waals surface area contributed by atoms with Crippen molar-refractivity contribution in [2.75, 3.05) is 20.8 Å². The van der Waals surface area contributed by atoms with Crippen LogP contribution in [0.2, 0.25) is 0 Å². The molecule has 0 aromatic heterocycles. The summed E-state index contributed by atoms with van der Waals surface area (Å²) in [6, 6.07) is 3.94. The Morgan fingerprint density at radius 1 is 1.22 bits per heavy atom. The standard InChI is InChI=1S/C15H24O3/c1-10(2)15(16,9-17-5)13-8-7-11(3)12(4)14(13)18-6/h7-8,10,16H,9H2,1-6H3. The average Bonchev–Trinajstić information content (AvgIpc) is 2.32. The van der Waals surface area contributed by atoms with Crippen LogP contribution in [0.15, 0.2) is 12.1 Å². The highest BCUT2D eigenvalue weighted by molar-refractivity contribution is 5.48. The molecule has 18 heavy (non-hydrogen) atoms. The van der Waals surface area contributed by atoms with Crippen molar-refractivity contribution in [3.05, 3.63) is 28.8 Å². The lowest BCUT2D eigenvalue weighted by atomic mass is 9.82. The van der Waals surface area contributed by atoms with Gasteiger partial charge in [0.25, 0.3) is 0 Å². The van der Waals surface area contributed by atoms with Gasteiger partial charge in [0.1, 0.15) is 11.4 Å². The molecule has 3 heteroatoms. The molecule has 102 valence electrons. The molecule has 0 spiro atoms. The summed E-state index contributed by atoms with van der Waals surface area (Å²) in [5, 5.41) is 10.9. The van der Waals surface area contributed by atoms with Crippen LogP contribution in [0, 0.1) is 19.8 Å². The molecule has 0 amide bonds. The maximum atomic E-state index is 10.9. The number of hydrogen-bond donors (Lipinski definition) is 1. The minimum absolute atomic E-state index is 0.0356. The fourth-order valence-corrected chi connectivity index (χ4v) is 2.17. The van der Waals surface area contributed by atoms with E-state index in [1.165, 1.54) is 0 Å². The Bertz CT molecular complexity index is 412. The molecule has 1 unspecified atom stereocenters. The fraction of sp³-hybridized carbons (Fsp3) is 0.600. The van der Waals surface area contributed by atoms with Crippen molar-refractivity contribution in [3.63, 3.8) is 0 Å². The molecule has 1 N–H and O–H groups in total. The summed E-state index contributed by atoms with van der Waals surface area (Å²) in [7, 11) is 3.24. The first-order valence-corrected chi connectivity index (χ1v) is 6.24. The zero-order valence-electron chi connectivity index (χ0n) is 12.2. The van der Waals surface area contributed by atoms with Crippen LogP contribution in [-0.2, 0) is 10.3 Å². The predicted octanol–water partition coefficient (Wildman–Crippen LogP) is 2.80. The first kappa shape index (κ1) is 15.0. The normalized spacial score (nSPS) is 14.7. The van der Waals surface area contributed by atoms with Crippen LogP contribution in [0.25, 0.3) is 0 Å². The molecular weight excluding hydrogens is 228 g/mol. The highest BCUT2D eigenvalue weighted by atomic mass is 16.5. The van der Waals surface area contributed by atoms with Gasteiger partial charge in [-0.05, 0) is 30.9 Å². The summed E-state index contributed by atoms with van der Waals surface area (Å²) < 4.78 is 10.7. The minimum atomic E-state index is -1.03. The third-order valence-corrected chi connectivity index (χ3v) is 3.67. The Morgan fingerprint density at radius 3 is 2.28 bits per heavy atom. The first-order valence-electron chi connectivity index (χ1n) is 6.24. The van der Waals surface area contributed by atoms with Crippen LogP contribution in [0.4, 0.5) is 0 Å². The van der Waals surface area contributed by atoms with Crippen LogP contribution >= 0.6 is 0 Å². The second kappa shape index (κ2) is 5.72. The molecule has 0 saturated carbocycles. The van der Waals surface area contributed by atoms with Crippen LogP contribution < -0.4 is 4.74 Å². The van der Waals surface area contributed by atoms with Gasteiger partial charge in [0.2, 0.25) is 0 Å². The van der Waals surface area contributed by atoms with E-state index in [1.54, 1.807) is 14.2 Å². The molecule has 0 saturated heterocycles. The van der Waals surface area contributed by atoms with E-state index >= 15 is 0 Å². The number of rotatable bonds is 5. The Morgan fingerprint density at radius 2 is 1.83 bits per heavy atom. The molecule has 0 heterocycles. The van der Waals surface area contributed by atoms with Gasteiger partial charge < -0.3 is 14.6 Å². The summed E-state index contributed by atoms with van der Waals surface area (Å²) in [6.45, 7) is 8.25. The van der Waals surface area contributed by atoms with E-state index in [-0.39, 0.29) is 12.5 Å². The first-order chi connectivity index (χ1) is 8.38. The molecule has 0 aliphatic heterocycles.